The lowest BCUT2D eigenvalue weighted by Gasteiger charge is -2.20. The minimum absolute atomic E-state index is 0.115. The number of rotatable bonds is 7. The Balaban J connectivity index is 2.40. The molecule has 2 amide bonds. The summed E-state index contributed by atoms with van der Waals surface area (Å²) in [6, 6.07) is 9.61. The van der Waals surface area contributed by atoms with E-state index in [1.54, 1.807) is 51.1 Å². The van der Waals surface area contributed by atoms with E-state index in [0.29, 0.717) is 29.9 Å². The zero-order valence-corrected chi connectivity index (χ0v) is 18.2. The van der Waals surface area contributed by atoms with Crippen LogP contribution in [0.4, 0.5) is 5.69 Å². The molecule has 8 heteroatoms. The summed E-state index contributed by atoms with van der Waals surface area (Å²) >= 11 is 0. The Morgan fingerprint density at radius 3 is 2.00 bits per heavy atom. The third-order valence-corrected chi connectivity index (χ3v) is 6.94. The van der Waals surface area contributed by atoms with Crippen molar-refractivity contribution < 1.29 is 18.0 Å². The quantitative estimate of drug-likeness (QED) is 0.724. The van der Waals surface area contributed by atoms with Crippen molar-refractivity contribution in [2.24, 2.45) is 0 Å². The van der Waals surface area contributed by atoms with Crippen molar-refractivity contribution in [3.63, 3.8) is 0 Å². The minimum atomic E-state index is -3.69. The Labute approximate surface area is 172 Å². The van der Waals surface area contributed by atoms with Gasteiger partial charge < -0.3 is 10.6 Å². The molecule has 0 saturated heterocycles. The van der Waals surface area contributed by atoms with Gasteiger partial charge in [0.1, 0.15) is 0 Å². The summed E-state index contributed by atoms with van der Waals surface area (Å²) in [5.74, 6) is -0.707. The Kier molecular flexibility index (Phi) is 7.16. The van der Waals surface area contributed by atoms with Crippen LogP contribution >= 0.6 is 0 Å². The van der Waals surface area contributed by atoms with Gasteiger partial charge >= 0.3 is 0 Å². The molecule has 2 aromatic rings. The lowest BCUT2D eigenvalue weighted by Crippen LogP contribution is -2.31. The number of aryl methyl sites for hydroxylation is 2. The van der Waals surface area contributed by atoms with Gasteiger partial charge in [0.25, 0.3) is 11.8 Å². The van der Waals surface area contributed by atoms with Crippen LogP contribution in [0.5, 0.6) is 0 Å². The van der Waals surface area contributed by atoms with Gasteiger partial charge in [-0.2, -0.15) is 4.31 Å². The molecule has 0 aliphatic rings. The fraction of sp³-hybridized carbons (Fsp3) is 0.333. The summed E-state index contributed by atoms with van der Waals surface area (Å²) in [5.41, 5.74) is 2.50. The number of hydrogen-bond donors (Lipinski definition) is 2. The molecule has 2 aromatic carbocycles. The first-order chi connectivity index (χ1) is 13.6. The molecule has 2 N–H and O–H groups in total. The van der Waals surface area contributed by atoms with E-state index in [1.807, 2.05) is 6.92 Å². The topological polar surface area (TPSA) is 95.6 Å². The minimum Gasteiger partial charge on any atom is -0.355 e. The summed E-state index contributed by atoms with van der Waals surface area (Å²) in [7, 11) is -2.16. The molecule has 0 bridgehead atoms. The van der Waals surface area contributed by atoms with Gasteiger partial charge in [-0.1, -0.05) is 26.0 Å². The van der Waals surface area contributed by atoms with Gasteiger partial charge in [-0.05, 0) is 49.2 Å². The van der Waals surface area contributed by atoms with Crippen LogP contribution < -0.4 is 10.6 Å². The molecular weight excluding hydrogens is 390 g/mol. The molecule has 0 saturated carbocycles. The number of amides is 2. The number of nitrogens with zero attached hydrogens (tertiary/aromatic N) is 1. The lowest BCUT2D eigenvalue weighted by atomic mass is 10.1. The van der Waals surface area contributed by atoms with Crippen molar-refractivity contribution in [3.8, 4) is 0 Å². The Hall–Kier alpha value is -2.71. The summed E-state index contributed by atoms with van der Waals surface area (Å²) in [6.45, 7) is 7.76. The maximum Gasteiger partial charge on any atom is 0.255 e. The van der Waals surface area contributed by atoms with Crippen molar-refractivity contribution in [2.45, 2.75) is 32.6 Å². The molecule has 0 heterocycles. The molecule has 0 aliphatic carbocycles. The predicted octanol–water partition coefficient (Wildman–Crippen LogP) is 2.95. The molecule has 0 atom stereocenters. The first kappa shape index (κ1) is 22.6. The first-order valence-corrected chi connectivity index (χ1v) is 10.8. The van der Waals surface area contributed by atoms with E-state index in [1.165, 1.54) is 17.4 Å². The standard InChI is InChI=1S/C21H27N3O4S/c1-6-24(7-2)29(27,28)19-13-17(11-9-15(19)4)21(26)23-18-12-16(20(25)22-5)10-8-14(18)3/h8-13H,6-7H2,1-5H3,(H,22,25)(H,23,26). The first-order valence-electron chi connectivity index (χ1n) is 9.40. The molecule has 0 spiro atoms. The highest BCUT2D eigenvalue weighted by molar-refractivity contribution is 7.89. The SMILES string of the molecule is CCN(CC)S(=O)(=O)c1cc(C(=O)Nc2cc(C(=O)NC)ccc2C)ccc1C. The molecular formula is C21H27N3O4S. The van der Waals surface area contributed by atoms with Crippen molar-refractivity contribution in [1.82, 2.24) is 9.62 Å². The van der Waals surface area contributed by atoms with E-state index in [9.17, 15) is 18.0 Å². The summed E-state index contributed by atoms with van der Waals surface area (Å²) in [6.07, 6.45) is 0. The summed E-state index contributed by atoms with van der Waals surface area (Å²) in [5, 5.41) is 5.32. The second kappa shape index (κ2) is 9.19. The van der Waals surface area contributed by atoms with E-state index in [4.69, 9.17) is 0 Å². The molecule has 0 unspecified atom stereocenters. The van der Waals surface area contributed by atoms with Gasteiger partial charge in [0.2, 0.25) is 10.0 Å². The maximum absolute atomic E-state index is 12.9. The second-order valence-electron chi connectivity index (χ2n) is 6.63. The van der Waals surface area contributed by atoms with Crippen LogP contribution in [0.2, 0.25) is 0 Å². The van der Waals surface area contributed by atoms with Crippen LogP contribution in [0.3, 0.4) is 0 Å². The highest BCUT2D eigenvalue weighted by Crippen LogP contribution is 2.23. The number of benzene rings is 2. The number of anilines is 1. The number of sulfonamides is 1. The Morgan fingerprint density at radius 1 is 0.897 bits per heavy atom. The second-order valence-corrected chi connectivity index (χ2v) is 8.54. The molecule has 0 radical (unpaired) electrons. The zero-order valence-electron chi connectivity index (χ0n) is 17.4. The average molecular weight is 418 g/mol. The maximum atomic E-state index is 12.9. The third-order valence-electron chi connectivity index (χ3n) is 4.75. The number of nitrogens with one attached hydrogen (secondary N) is 2. The van der Waals surface area contributed by atoms with Crippen LogP contribution in [0.15, 0.2) is 41.3 Å². The normalized spacial score (nSPS) is 11.4. The molecule has 0 fully saturated rings. The van der Waals surface area contributed by atoms with Crippen LogP contribution in [0, 0.1) is 13.8 Å². The van der Waals surface area contributed by atoms with Crippen LogP contribution in [0.1, 0.15) is 45.7 Å². The van der Waals surface area contributed by atoms with Gasteiger partial charge in [0, 0.05) is 37.0 Å². The number of carbonyl (C=O) groups excluding carboxylic acids is 2. The van der Waals surface area contributed by atoms with Crippen molar-refractivity contribution in [3.05, 3.63) is 58.7 Å². The average Bonchev–Trinajstić information content (AvgIpc) is 2.69. The van der Waals surface area contributed by atoms with E-state index in [0.717, 1.165) is 5.56 Å². The van der Waals surface area contributed by atoms with E-state index in [2.05, 4.69) is 10.6 Å². The molecule has 0 aromatic heterocycles. The summed E-state index contributed by atoms with van der Waals surface area (Å²) < 4.78 is 27.2. The van der Waals surface area contributed by atoms with Gasteiger partial charge in [-0.3, -0.25) is 9.59 Å². The van der Waals surface area contributed by atoms with Gasteiger partial charge in [0.15, 0.2) is 0 Å². The van der Waals surface area contributed by atoms with Crippen LogP contribution in [-0.2, 0) is 10.0 Å². The number of hydrogen-bond acceptors (Lipinski definition) is 4. The van der Waals surface area contributed by atoms with Crippen molar-refractivity contribution in [1.29, 1.82) is 0 Å². The van der Waals surface area contributed by atoms with Gasteiger partial charge in [-0.25, -0.2) is 8.42 Å². The van der Waals surface area contributed by atoms with Crippen molar-refractivity contribution in [2.75, 3.05) is 25.5 Å². The zero-order chi connectivity index (χ0) is 21.8. The van der Waals surface area contributed by atoms with Crippen LogP contribution in [0.25, 0.3) is 0 Å². The highest BCUT2D eigenvalue weighted by atomic mass is 32.2. The van der Waals surface area contributed by atoms with E-state index >= 15 is 0 Å². The van der Waals surface area contributed by atoms with Crippen molar-refractivity contribution >= 4 is 27.5 Å². The Morgan fingerprint density at radius 2 is 1.45 bits per heavy atom. The lowest BCUT2D eigenvalue weighted by molar-refractivity contribution is 0.0961. The summed E-state index contributed by atoms with van der Waals surface area (Å²) in [4.78, 5) is 24.8. The largest absolute Gasteiger partial charge is 0.355 e. The highest BCUT2D eigenvalue weighted by Gasteiger charge is 2.25. The van der Waals surface area contributed by atoms with E-state index < -0.39 is 15.9 Å². The third kappa shape index (κ3) is 4.83. The monoisotopic (exact) mass is 417 g/mol. The fourth-order valence-corrected chi connectivity index (χ4v) is 4.67. The predicted molar refractivity (Wildman–Crippen MR) is 114 cm³/mol. The molecule has 0 aliphatic heterocycles. The number of carbonyl (C=O) groups is 2. The van der Waals surface area contributed by atoms with Gasteiger partial charge in [-0.15, -0.1) is 0 Å². The fourth-order valence-electron chi connectivity index (χ4n) is 2.96. The van der Waals surface area contributed by atoms with E-state index in [-0.39, 0.29) is 16.4 Å². The molecule has 156 valence electrons. The smallest absolute Gasteiger partial charge is 0.255 e. The Bertz CT molecular complexity index is 1030. The molecule has 7 nitrogen and oxygen atoms in total. The molecule has 29 heavy (non-hydrogen) atoms. The molecule has 2 rings (SSSR count). The van der Waals surface area contributed by atoms with Gasteiger partial charge in [0.05, 0.1) is 4.90 Å². The van der Waals surface area contributed by atoms with Crippen LogP contribution in [-0.4, -0.2) is 44.7 Å².